The van der Waals surface area contributed by atoms with Gasteiger partial charge < -0.3 is 5.73 Å². The van der Waals surface area contributed by atoms with Crippen molar-refractivity contribution in [1.82, 2.24) is 4.98 Å². The minimum atomic E-state index is 0.0419. The molecule has 1 aromatic rings. The van der Waals surface area contributed by atoms with Crippen LogP contribution >= 0.6 is 0 Å². The lowest BCUT2D eigenvalue weighted by Gasteiger charge is -2.35. The number of pyridine rings is 1. The minimum Gasteiger partial charge on any atom is -0.330 e. The van der Waals surface area contributed by atoms with Crippen molar-refractivity contribution in [3.8, 4) is 0 Å². The van der Waals surface area contributed by atoms with Gasteiger partial charge in [0.05, 0.1) is 0 Å². The number of hydrogen-bond acceptors (Lipinski definition) is 3. The summed E-state index contributed by atoms with van der Waals surface area (Å²) in [6, 6.07) is 3.76. The number of aromatic nitrogens is 1. The molecule has 0 aromatic carbocycles. The highest BCUT2D eigenvalue weighted by Gasteiger charge is 2.33. The standard InChI is InChI=1S/C15H22N2O/c1-12-5-6-13(10-17-12)14(18)9-15(11-16)7-3-2-4-8-15/h5-6,10H,2-4,7-9,11,16H2,1H3. The van der Waals surface area contributed by atoms with E-state index in [-0.39, 0.29) is 11.2 Å². The molecule has 1 aromatic heterocycles. The van der Waals surface area contributed by atoms with Crippen LogP contribution < -0.4 is 5.73 Å². The second-order valence-corrected chi connectivity index (χ2v) is 5.55. The molecule has 0 unspecified atom stereocenters. The average molecular weight is 246 g/mol. The van der Waals surface area contributed by atoms with Gasteiger partial charge in [-0.25, -0.2) is 0 Å². The molecule has 0 aliphatic heterocycles. The van der Waals surface area contributed by atoms with Crippen LogP contribution in [0.1, 0.15) is 54.6 Å². The fourth-order valence-corrected chi connectivity index (χ4v) is 2.83. The SMILES string of the molecule is Cc1ccc(C(=O)CC2(CN)CCCCC2)cn1. The summed E-state index contributed by atoms with van der Waals surface area (Å²) in [5, 5.41) is 0. The van der Waals surface area contributed by atoms with Crippen LogP contribution in [-0.4, -0.2) is 17.3 Å². The molecule has 0 atom stereocenters. The predicted octanol–water partition coefficient (Wildman–Crippen LogP) is 2.87. The lowest BCUT2D eigenvalue weighted by atomic mass is 9.70. The molecule has 1 aliphatic rings. The van der Waals surface area contributed by atoms with E-state index in [4.69, 9.17) is 5.73 Å². The van der Waals surface area contributed by atoms with Crippen LogP contribution in [0.4, 0.5) is 0 Å². The van der Waals surface area contributed by atoms with Gasteiger partial charge in [-0.05, 0) is 43.9 Å². The summed E-state index contributed by atoms with van der Waals surface area (Å²) >= 11 is 0. The number of nitrogens with two attached hydrogens (primary N) is 1. The number of carbonyl (C=O) groups is 1. The van der Waals surface area contributed by atoms with E-state index in [1.54, 1.807) is 6.20 Å². The summed E-state index contributed by atoms with van der Waals surface area (Å²) < 4.78 is 0. The van der Waals surface area contributed by atoms with Gasteiger partial charge in [-0.1, -0.05) is 19.3 Å². The number of rotatable bonds is 4. The molecule has 1 saturated carbocycles. The smallest absolute Gasteiger partial charge is 0.165 e. The number of Topliss-reactive ketones (excluding diaryl/α,β-unsaturated/α-hetero) is 1. The molecule has 2 rings (SSSR count). The highest BCUT2D eigenvalue weighted by atomic mass is 16.1. The molecule has 1 fully saturated rings. The zero-order valence-electron chi connectivity index (χ0n) is 11.1. The van der Waals surface area contributed by atoms with Crippen molar-refractivity contribution in [2.45, 2.75) is 45.4 Å². The summed E-state index contributed by atoms with van der Waals surface area (Å²) in [5.74, 6) is 0.190. The zero-order valence-corrected chi connectivity index (χ0v) is 11.1. The van der Waals surface area contributed by atoms with Gasteiger partial charge in [0.1, 0.15) is 0 Å². The van der Waals surface area contributed by atoms with E-state index in [2.05, 4.69) is 4.98 Å². The number of aryl methyl sites for hydroxylation is 1. The Bertz CT molecular complexity index is 405. The van der Waals surface area contributed by atoms with Crippen molar-refractivity contribution in [2.75, 3.05) is 6.54 Å². The fourth-order valence-electron chi connectivity index (χ4n) is 2.83. The highest BCUT2D eigenvalue weighted by molar-refractivity contribution is 5.96. The Labute approximate surface area is 109 Å². The Morgan fingerprint density at radius 3 is 2.61 bits per heavy atom. The van der Waals surface area contributed by atoms with Crippen molar-refractivity contribution in [3.05, 3.63) is 29.6 Å². The van der Waals surface area contributed by atoms with Gasteiger partial charge >= 0.3 is 0 Å². The van der Waals surface area contributed by atoms with Crippen LogP contribution in [0.3, 0.4) is 0 Å². The maximum Gasteiger partial charge on any atom is 0.165 e. The minimum absolute atomic E-state index is 0.0419. The Morgan fingerprint density at radius 1 is 1.33 bits per heavy atom. The summed E-state index contributed by atoms with van der Waals surface area (Å²) in [5.41, 5.74) is 7.63. The molecule has 18 heavy (non-hydrogen) atoms. The van der Waals surface area contributed by atoms with E-state index in [0.29, 0.717) is 13.0 Å². The maximum absolute atomic E-state index is 12.3. The molecule has 0 radical (unpaired) electrons. The normalized spacial score (nSPS) is 18.6. The van der Waals surface area contributed by atoms with E-state index in [1.165, 1.54) is 19.3 Å². The quantitative estimate of drug-likeness (QED) is 0.831. The van der Waals surface area contributed by atoms with Crippen LogP contribution in [0.5, 0.6) is 0 Å². The first-order valence-corrected chi connectivity index (χ1v) is 6.81. The van der Waals surface area contributed by atoms with Gasteiger partial charge in [0.2, 0.25) is 0 Å². The largest absolute Gasteiger partial charge is 0.330 e. The number of carbonyl (C=O) groups excluding carboxylic acids is 1. The van der Waals surface area contributed by atoms with Crippen LogP contribution in [-0.2, 0) is 0 Å². The average Bonchev–Trinajstić information content (AvgIpc) is 2.40. The topological polar surface area (TPSA) is 56.0 Å². The highest BCUT2D eigenvalue weighted by Crippen LogP contribution is 2.39. The predicted molar refractivity (Wildman–Crippen MR) is 72.5 cm³/mol. The molecule has 0 amide bonds. The zero-order chi connectivity index (χ0) is 13.0. The summed E-state index contributed by atoms with van der Waals surface area (Å²) in [7, 11) is 0. The van der Waals surface area contributed by atoms with E-state index in [0.717, 1.165) is 24.1 Å². The third kappa shape index (κ3) is 2.96. The van der Waals surface area contributed by atoms with Gasteiger partial charge in [0.15, 0.2) is 5.78 Å². The second kappa shape index (κ2) is 5.61. The molecule has 1 aliphatic carbocycles. The first kappa shape index (κ1) is 13.2. The monoisotopic (exact) mass is 246 g/mol. The maximum atomic E-state index is 12.3. The van der Waals surface area contributed by atoms with Gasteiger partial charge in [0, 0.05) is 23.9 Å². The summed E-state index contributed by atoms with van der Waals surface area (Å²) in [6.07, 6.45) is 8.14. The molecule has 0 saturated heterocycles. The Hall–Kier alpha value is -1.22. The van der Waals surface area contributed by atoms with E-state index in [1.807, 2.05) is 19.1 Å². The van der Waals surface area contributed by atoms with E-state index >= 15 is 0 Å². The number of ketones is 1. The lowest BCUT2D eigenvalue weighted by Crippen LogP contribution is -2.35. The molecule has 0 bridgehead atoms. The van der Waals surface area contributed by atoms with Gasteiger partial charge in [-0.15, -0.1) is 0 Å². The van der Waals surface area contributed by atoms with Gasteiger partial charge in [-0.2, -0.15) is 0 Å². The molecule has 1 heterocycles. The number of nitrogens with zero attached hydrogens (tertiary/aromatic N) is 1. The van der Waals surface area contributed by atoms with Crippen molar-refractivity contribution in [3.63, 3.8) is 0 Å². The van der Waals surface area contributed by atoms with Gasteiger partial charge in [0.25, 0.3) is 0 Å². The van der Waals surface area contributed by atoms with Crippen molar-refractivity contribution < 1.29 is 4.79 Å². The van der Waals surface area contributed by atoms with Crippen molar-refractivity contribution in [1.29, 1.82) is 0 Å². The summed E-state index contributed by atoms with van der Waals surface area (Å²) in [4.78, 5) is 16.5. The van der Waals surface area contributed by atoms with E-state index < -0.39 is 0 Å². The van der Waals surface area contributed by atoms with Crippen LogP contribution in [0.2, 0.25) is 0 Å². The molecule has 3 nitrogen and oxygen atoms in total. The molecular weight excluding hydrogens is 224 g/mol. The molecule has 2 N–H and O–H groups in total. The van der Waals surface area contributed by atoms with Crippen molar-refractivity contribution >= 4 is 5.78 Å². The summed E-state index contributed by atoms with van der Waals surface area (Å²) in [6.45, 7) is 2.55. The van der Waals surface area contributed by atoms with Crippen molar-refractivity contribution in [2.24, 2.45) is 11.1 Å². The first-order chi connectivity index (χ1) is 8.65. The molecular formula is C15H22N2O. The third-order valence-electron chi connectivity index (χ3n) is 4.12. The van der Waals surface area contributed by atoms with Crippen LogP contribution in [0, 0.1) is 12.3 Å². The first-order valence-electron chi connectivity index (χ1n) is 6.81. The second-order valence-electron chi connectivity index (χ2n) is 5.55. The van der Waals surface area contributed by atoms with E-state index in [9.17, 15) is 4.79 Å². The molecule has 98 valence electrons. The van der Waals surface area contributed by atoms with Crippen LogP contribution in [0.25, 0.3) is 0 Å². The Balaban J connectivity index is 2.07. The lowest BCUT2D eigenvalue weighted by molar-refractivity contribution is 0.0867. The number of hydrogen-bond donors (Lipinski definition) is 1. The third-order valence-corrected chi connectivity index (χ3v) is 4.12. The molecule has 3 heteroatoms. The molecule has 0 spiro atoms. The van der Waals surface area contributed by atoms with Crippen LogP contribution in [0.15, 0.2) is 18.3 Å². The fraction of sp³-hybridized carbons (Fsp3) is 0.600. The Morgan fingerprint density at radius 2 is 2.06 bits per heavy atom. The Kier molecular flexibility index (Phi) is 4.12. The van der Waals surface area contributed by atoms with Gasteiger partial charge in [-0.3, -0.25) is 9.78 Å².